The van der Waals surface area contributed by atoms with Gasteiger partial charge in [-0.3, -0.25) is 0 Å². The molecule has 0 radical (unpaired) electrons. The minimum absolute atomic E-state index is 0.839. The van der Waals surface area contributed by atoms with Crippen LogP contribution in [0.3, 0.4) is 0 Å². The molecule has 0 N–H and O–H groups in total. The van der Waals surface area contributed by atoms with Gasteiger partial charge in [-0.25, -0.2) is 4.98 Å². The van der Waals surface area contributed by atoms with Crippen molar-refractivity contribution in [3.05, 3.63) is 24.0 Å². The minimum atomic E-state index is 0.839. The maximum Gasteiger partial charge on any atom is 0.0955 e. The van der Waals surface area contributed by atoms with Gasteiger partial charge in [0.25, 0.3) is 0 Å². The highest BCUT2D eigenvalue weighted by Crippen LogP contribution is 2.25. The van der Waals surface area contributed by atoms with Gasteiger partial charge >= 0.3 is 0 Å². The van der Waals surface area contributed by atoms with Crippen LogP contribution in [0, 0.1) is 6.92 Å². The number of thiocarbonyl (C=S) groups is 1. The van der Waals surface area contributed by atoms with Crippen molar-refractivity contribution in [1.29, 1.82) is 0 Å². The Balaban J connectivity index is 2.82. The molecule has 3 nitrogen and oxygen atoms in total. The van der Waals surface area contributed by atoms with Crippen molar-refractivity contribution < 1.29 is 0 Å². The van der Waals surface area contributed by atoms with E-state index in [4.69, 9.17) is 0 Å². The van der Waals surface area contributed by atoms with Crippen molar-refractivity contribution in [3.63, 3.8) is 0 Å². The number of aliphatic imine (C=N–C) groups is 1. The van der Waals surface area contributed by atoms with Crippen LogP contribution in [-0.2, 0) is 7.05 Å². The smallest absolute Gasteiger partial charge is 0.0955 e. The Kier molecular flexibility index (Phi) is 2.15. The van der Waals surface area contributed by atoms with Gasteiger partial charge in [-0.2, -0.15) is 4.99 Å². The number of benzene rings is 1. The lowest BCUT2D eigenvalue weighted by Gasteiger charge is -2.00. The van der Waals surface area contributed by atoms with Crippen LogP contribution in [-0.4, -0.2) is 14.7 Å². The van der Waals surface area contributed by atoms with E-state index in [0.29, 0.717) is 0 Å². The van der Waals surface area contributed by atoms with E-state index in [2.05, 4.69) is 27.4 Å². The highest BCUT2D eigenvalue weighted by atomic mass is 32.1. The van der Waals surface area contributed by atoms with Crippen molar-refractivity contribution in [2.24, 2.45) is 12.0 Å². The Bertz CT molecular complexity index is 536. The van der Waals surface area contributed by atoms with Crippen LogP contribution in [0.5, 0.6) is 0 Å². The van der Waals surface area contributed by atoms with Crippen LogP contribution in [0.2, 0.25) is 0 Å². The van der Waals surface area contributed by atoms with E-state index in [9.17, 15) is 0 Å². The van der Waals surface area contributed by atoms with E-state index in [1.165, 1.54) is 0 Å². The van der Waals surface area contributed by atoms with E-state index in [0.717, 1.165) is 22.3 Å². The Morgan fingerprint density at radius 2 is 2.29 bits per heavy atom. The van der Waals surface area contributed by atoms with Crippen LogP contribution < -0.4 is 0 Å². The molecule has 0 aliphatic rings. The predicted octanol–water partition coefficient (Wildman–Crippen LogP) is 2.62. The van der Waals surface area contributed by atoms with Crippen molar-refractivity contribution in [2.75, 3.05) is 0 Å². The first-order chi connectivity index (χ1) is 6.74. The Morgan fingerprint density at radius 1 is 1.50 bits per heavy atom. The quantitative estimate of drug-likeness (QED) is 0.527. The number of nitrogens with zero attached hydrogens (tertiary/aromatic N) is 3. The number of hydrogen-bond acceptors (Lipinski definition) is 3. The summed E-state index contributed by atoms with van der Waals surface area (Å²) < 4.78 is 1.98. The third kappa shape index (κ3) is 1.25. The largest absolute Gasteiger partial charge is 0.334 e. The molecular weight excluding hydrogens is 194 g/mol. The number of aromatic nitrogens is 2. The van der Waals surface area contributed by atoms with E-state index in [1.54, 1.807) is 6.33 Å². The molecule has 1 heterocycles. The molecule has 1 aromatic heterocycles. The maximum absolute atomic E-state index is 4.58. The average molecular weight is 203 g/mol. The molecule has 0 fully saturated rings. The summed E-state index contributed by atoms with van der Waals surface area (Å²) in [7, 11) is 1.97. The summed E-state index contributed by atoms with van der Waals surface area (Å²) in [4.78, 5) is 8.28. The summed E-state index contributed by atoms with van der Waals surface area (Å²) in [6, 6.07) is 3.92. The Hall–Kier alpha value is -1.51. The summed E-state index contributed by atoms with van der Waals surface area (Å²) >= 11 is 4.58. The molecular formula is C10H9N3S. The third-order valence-corrected chi connectivity index (χ3v) is 2.38. The van der Waals surface area contributed by atoms with Gasteiger partial charge in [0.15, 0.2) is 0 Å². The van der Waals surface area contributed by atoms with Crippen LogP contribution >= 0.6 is 12.2 Å². The lowest BCUT2D eigenvalue weighted by atomic mass is 10.1. The molecule has 0 spiro atoms. The van der Waals surface area contributed by atoms with Crippen molar-refractivity contribution in [3.8, 4) is 0 Å². The second-order valence-electron chi connectivity index (χ2n) is 3.14. The number of isothiocyanates is 1. The zero-order chi connectivity index (χ0) is 10.1. The average Bonchev–Trinajstić information content (AvgIpc) is 2.54. The summed E-state index contributed by atoms with van der Waals surface area (Å²) in [5.41, 5.74) is 3.96. The summed E-state index contributed by atoms with van der Waals surface area (Å²) in [6.07, 6.45) is 1.79. The van der Waals surface area contributed by atoms with E-state index in [-0.39, 0.29) is 0 Å². The molecule has 2 aromatic rings. The SMILES string of the molecule is Cc1c(N=C=S)ccc2c1ncn2C. The van der Waals surface area contributed by atoms with E-state index < -0.39 is 0 Å². The molecule has 2 rings (SSSR count). The van der Waals surface area contributed by atoms with Gasteiger partial charge in [0, 0.05) is 12.6 Å². The summed E-state index contributed by atoms with van der Waals surface area (Å²) in [5, 5.41) is 2.37. The Labute approximate surface area is 87.1 Å². The zero-order valence-electron chi connectivity index (χ0n) is 7.98. The maximum atomic E-state index is 4.58. The molecule has 70 valence electrons. The molecule has 4 heteroatoms. The lowest BCUT2D eigenvalue weighted by Crippen LogP contribution is -1.84. The van der Waals surface area contributed by atoms with Crippen LogP contribution in [0.15, 0.2) is 23.5 Å². The fraction of sp³-hybridized carbons (Fsp3) is 0.200. The predicted molar refractivity (Wildman–Crippen MR) is 60.1 cm³/mol. The second kappa shape index (κ2) is 3.33. The van der Waals surface area contributed by atoms with Gasteiger partial charge in [-0.15, -0.1) is 0 Å². The molecule has 0 aliphatic heterocycles. The minimum Gasteiger partial charge on any atom is -0.334 e. The number of rotatable bonds is 1. The van der Waals surface area contributed by atoms with Gasteiger partial charge in [0.2, 0.25) is 0 Å². The van der Waals surface area contributed by atoms with Gasteiger partial charge in [-0.1, -0.05) is 0 Å². The first-order valence-electron chi connectivity index (χ1n) is 4.22. The molecule has 0 unspecified atom stereocenters. The number of imidazole rings is 1. The van der Waals surface area contributed by atoms with Crippen molar-refractivity contribution in [1.82, 2.24) is 9.55 Å². The molecule has 0 atom stereocenters. The van der Waals surface area contributed by atoms with Crippen LogP contribution in [0.1, 0.15) is 5.56 Å². The van der Waals surface area contributed by atoms with Crippen LogP contribution in [0.4, 0.5) is 5.69 Å². The van der Waals surface area contributed by atoms with E-state index in [1.807, 2.05) is 30.7 Å². The summed E-state index contributed by atoms with van der Waals surface area (Å²) in [5.74, 6) is 0. The Morgan fingerprint density at radius 3 is 3.00 bits per heavy atom. The first kappa shape index (κ1) is 9.06. The standard InChI is InChI=1S/C10H9N3S/c1-7-8(12-6-14)3-4-9-10(7)11-5-13(9)2/h3-5H,1-2H3. The molecule has 1 aromatic carbocycles. The summed E-state index contributed by atoms with van der Waals surface area (Å²) in [6.45, 7) is 1.99. The molecule has 0 saturated carbocycles. The van der Waals surface area contributed by atoms with Gasteiger partial charge < -0.3 is 4.57 Å². The topological polar surface area (TPSA) is 30.2 Å². The molecule has 0 aliphatic carbocycles. The molecule has 0 saturated heterocycles. The normalized spacial score (nSPS) is 10.1. The zero-order valence-corrected chi connectivity index (χ0v) is 8.80. The molecule has 0 amide bonds. The van der Waals surface area contributed by atoms with Crippen LogP contribution in [0.25, 0.3) is 11.0 Å². The highest BCUT2D eigenvalue weighted by Gasteiger charge is 2.05. The number of fused-ring (bicyclic) bond motifs is 1. The monoisotopic (exact) mass is 203 g/mol. The van der Waals surface area contributed by atoms with Crippen molar-refractivity contribution in [2.45, 2.75) is 6.92 Å². The van der Waals surface area contributed by atoms with Crippen molar-refractivity contribution >= 4 is 34.1 Å². The van der Waals surface area contributed by atoms with Gasteiger partial charge in [-0.05, 0) is 31.3 Å². The third-order valence-electron chi connectivity index (χ3n) is 2.29. The highest BCUT2D eigenvalue weighted by molar-refractivity contribution is 7.78. The molecule has 14 heavy (non-hydrogen) atoms. The fourth-order valence-electron chi connectivity index (χ4n) is 1.50. The number of hydrogen-bond donors (Lipinski definition) is 0. The second-order valence-corrected chi connectivity index (χ2v) is 3.32. The number of aryl methyl sites for hydroxylation is 2. The van der Waals surface area contributed by atoms with E-state index >= 15 is 0 Å². The van der Waals surface area contributed by atoms with Gasteiger partial charge in [0.1, 0.15) is 0 Å². The lowest BCUT2D eigenvalue weighted by molar-refractivity contribution is 0.948. The van der Waals surface area contributed by atoms with Gasteiger partial charge in [0.05, 0.1) is 28.2 Å². The molecule has 0 bridgehead atoms. The first-order valence-corrected chi connectivity index (χ1v) is 4.63. The fourth-order valence-corrected chi connectivity index (χ4v) is 1.60.